The number of pyridine rings is 1. The zero-order chi connectivity index (χ0) is 16.5. The summed E-state index contributed by atoms with van der Waals surface area (Å²) < 4.78 is 2.64. The maximum absolute atomic E-state index is 12.4. The number of hydrogen-bond donors (Lipinski definition) is 0. The van der Waals surface area contributed by atoms with Crippen LogP contribution in [0.25, 0.3) is 11.3 Å². The second kappa shape index (κ2) is 6.16. The van der Waals surface area contributed by atoms with E-state index in [9.17, 15) is 4.79 Å². The Kier molecular flexibility index (Phi) is 3.86. The first-order valence-electron chi connectivity index (χ1n) is 7.58. The lowest BCUT2D eigenvalue weighted by molar-refractivity contribution is 0.0498. The highest BCUT2D eigenvalue weighted by molar-refractivity contribution is 9.10. The highest BCUT2D eigenvalue weighted by Gasteiger charge is 2.33. The second-order valence-electron chi connectivity index (χ2n) is 5.71. The zero-order valence-electron chi connectivity index (χ0n) is 12.7. The largest absolute Gasteiger partial charge is 0.334 e. The van der Waals surface area contributed by atoms with E-state index in [1.807, 2.05) is 41.2 Å². The molecule has 3 aromatic rings. The number of nitrogens with zero attached hydrogens (tertiary/aromatic N) is 5. The quantitative estimate of drug-likeness (QED) is 0.697. The summed E-state index contributed by atoms with van der Waals surface area (Å²) in [6.45, 7) is 1.26. The van der Waals surface area contributed by atoms with Crippen molar-refractivity contribution >= 4 is 21.8 Å². The van der Waals surface area contributed by atoms with E-state index >= 15 is 0 Å². The first kappa shape index (κ1) is 15.0. The van der Waals surface area contributed by atoms with Gasteiger partial charge >= 0.3 is 0 Å². The van der Waals surface area contributed by atoms with Gasteiger partial charge in [0.2, 0.25) is 0 Å². The van der Waals surface area contributed by atoms with Gasteiger partial charge in [0.15, 0.2) is 0 Å². The highest BCUT2D eigenvalue weighted by Crippen LogP contribution is 2.25. The third-order valence-electron chi connectivity index (χ3n) is 4.06. The maximum Gasteiger partial charge on any atom is 0.255 e. The molecule has 1 aliphatic heterocycles. The van der Waals surface area contributed by atoms with E-state index in [1.165, 1.54) is 0 Å². The summed E-state index contributed by atoms with van der Waals surface area (Å²) in [5, 5.41) is 8.43. The lowest BCUT2D eigenvalue weighted by Crippen LogP contribution is -2.50. The Morgan fingerprint density at radius 2 is 1.96 bits per heavy atom. The van der Waals surface area contributed by atoms with Crippen LogP contribution in [0.5, 0.6) is 0 Å². The maximum atomic E-state index is 12.4. The van der Waals surface area contributed by atoms with E-state index in [0.29, 0.717) is 18.7 Å². The Morgan fingerprint density at radius 1 is 1.17 bits per heavy atom. The van der Waals surface area contributed by atoms with Crippen LogP contribution in [0.15, 0.2) is 59.5 Å². The summed E-state index contributed by atoms with van der Waals surface area (Å²) in [5.74, 6) is -0.0107. The summed E-state index contributed by atoms with van der Waals surface area (Å²) in [7, 11) is 0. The summed E-state index contributed by atoms with van der Waals surface area (Å²) in [6, 6.07) is 11.9. The van der Waals surface area contributed by atoms with Crippen LogP contribution in [0.4, 0.5) is 0 Å². The van der Waals surface area contributed by atoms with Gasteiger partial charge < -0.3 is 4.90 Å². The minimum atomic E-state index is -0.0107. The Hall–Kier alpha value is -2.54. The van der Waals surface area contributed by atoms with Crippen molar-refractivity contribution in [2.75, 3.05) is 13.1 Å². The number of halogens is 1. The van der Waals surface area contributed by atoms with E-state index in [0.717, 1.165) is 15.7 Å². The van der Waals surface area contributed by atoms with E-state index in [4.69, 9.17) is 0 Å². The van der Waals surface area contributed by atoms with Gasteiger partial charge in [0.25, 0.3) is 5.91 Å². The Balaban J connectivity index is 1.43. The molecule has 1 saturated heterocycles. The number of likely N-dealkylation sites (tertiary alicyclic amines) is 1. The summed E-state index contributed by atoms with van der Waals surface area (Å²) in [4.78, 5) is 18.2. The van der Waals surface area contributed by atoms with Gasteiger partial charge in [-0.1, -0.05) is 35.5 Å². The van der Waals surface area contributed by atoms with Crippen molar-refractivity contribution in [3.63, 3.8) is 0 Å². The fourth-order valence-electron chi connectivity index (χ4n) is 2.70. The molecule has 4 rings (SSSR count). The SMILES string of the molecule is O=C(c1cncc(Br)c1)N1CC(n2cc(-c3ccccc3)nn2)C1. The van der Waals surface area contributed by atoms with Crippen molar-refractivity contribution in [2.24, 2.45) is 0 Å². The molecule has 120 valence electrons. The molecule has 7 heteroatoms. The van der Waals surface area contributed by atoms with E-state index in [1.54, 1.807) is 23.4 Å². The van der Waals surface area contributed by atoms with Gasteiger partial charge in [-0.2, -0.15) is 0 Å². The smallest absolute Gasteiger partial charge is 0.255 e. The van der Waals surface area contributed by atoms with Crippen LogP contribution in [0.3, 0.4) is 0 Å². The molecule has 2 aromatic heterocycles. The molecule has 0 spiro atoms. The standard InChI is InChI=1S/C17H14BrN5O/c18-14-6-13(7-19-8-14)17(24)22-9-15(10-22)23-11-16(20-21-23)12-4-2-1-3-5-12/h1-8,11,15H,9-10H2. The molecule has 0 saturated carbocycles. The molecule has 24 heavy (non-hydrogen) atoms. The fraction of sp³-hybridized carbons (Fsp3) is 0.176. The molecule has 0 unspecified atom stereocenters. The number of carbonyl (C=O) groups is 1. The monoisotopic (exact) mass is 383 g/mol. The van der Waals surface area contributed by atoms with Crippen LogP contribution in [-0.4, -0.2) is 43.9 Å². The van der Waals surface area contributed by atoms with Crippen molar-refractivity contribution in [3.8, 4) is 11.3 Å². The summed E-state index contributed by atoms with van der Waals surface area (Å²) >= 11 is 3.34. The molecular formula is C17H14BrN5O. The van der Waals surface area contributed by atoms with Gasteiger partial charge in [-0.05, 0) is 22.0 Å². The second-order valence-corrected chi connectivity index (χ2v) is 6.62. The van der Waals surface area contributed by atoms with Crippen molar-refractivity contribution in [2.45, 2.75) is 6.04 Å². The van der Waals surface area contributed by atoms with Crippen molar-refractivity contribution in [1.29, 1.82) is 0 Å². The fourth-order valence-corrected chi connectivity index (χ4v) is 3.06. The molecule has 0 atom stereocenters. The van der Waals surface area contributed by atoms with Crippen LogP contribution in [0.1, 0.15) is 16.4 Å². The van der Waals surface area contributed by atoms with Crippen molar-refractivity contribution in [1.82, 2.24) is 24.9 Å². The molecule has 1 aromatic carbocycles. The Morgan fingerprint density at radius 3 is 2.71 bits per heavy atom. The molecule has 1 amide bonds. The summed E-state index contributed by atoms with van der Waals surface area (Å²) in [5.41, 5.74) is 2.47. The minimum Gasteiger partial charge on any atom is -0.334 e. The third-order valence-corrected chi connectivity index (χ3v) is 4.49. The van der Waals surface area contributed by atoms with Crippen LogP contribution >= 0.6 is 15.9 Å². The number of aromatic nitrogens is 4. The highest BCUT2D eigenvalue weighted by atomic mass is 79.9. The van der Waals surface area contributed by atoms with Gasteiger partial charge in [-0.15, -0.1) is 5.10 Å². The molecule has 0 N–H and O–H groups in total. The molecule has 0 aliphatic carbocycles. The molecule has 0 radical (unpaired) electrons. The predicted octanol–water partition coefficient (Wildman–Crippen LogP) is 2.80. The molecule has 1 aliphatic rings. The normalized spacial score (nSPS) is 14.5. The molecule has 6 nitrogen and oxygen atoms in total. The summed E-state index contributed by atoms with van der Waals surface area (Å²) in [6.07, 6.45) is 5.18. The van der Waals surface area contributed by atoms with Gasteiger partial charge in [-0.3, -0.25) is 9.78 Å². The van der Waals surface area contributed by atoms with E-state index in [2.05, 4.69) is 31.2 Å². The number of hydrogen-bond acceptors (Lipinski definition) is 4. The average molecular weight is 384 g/mol. The van der Waals surface area contributed by atoms with Crippen LogP contribution in [0.2, 0.25) is 0 Å². The van der Waals surface area contributed by atoms with E-state index in [-0.39, 0.29) is 11.9 Å². The molecule has 0 bridgehead atoms. The topological polar surface area (TPSA) is 63.9 Å². The first-order chi connectivity index (χ1) is 11.7. The molecule has 3 heterocycles. The van der Waals surface area contributed by atoms with Gasteiger partial charge in [0, 0.05) is 35.5 Å². The Bertz CT molecular complexity index is 873. The lowest BCUT2D eigenvalue weighted by atomic mass is 10.1. The Labute approximate surface area is 147 Å². The molecular weight excluding hydrogens is 370 g/mol. The van der Waals surface area contributed by atoms with Crippen molar-refractivity contribution < 1.29 is 4.79 Å². The lowest BCUT2D eigenvalue weighted by Gasteiger charge is -2.38. The van der Waals surface area contributed by atoms with Crippen LogP contribution in [0, 0.1) is 0 Å². The van der Waals surface area contributed by atoms with E-state index < -0.39 is 0 Å². The number of benzene rings is 1. The molecule has 1 fully saturated rings. The first-order valence-corrected chi connectivity index (χ1v) is 8.37. The number of carbonyl (C=O) groups excluding carboxylic acids is 1. The number of rotatable bonds is 3. The van der Waals surface area contributed by atoms with Crippen molar-refractivity contribution in [3.05, 3.63) is 65.0 Å². The predicted molar refractivity (Wildman–Crippen MR) is 92.3 cm³/mol. The van der Waals surface area contributed by atoms with Gasteiger partial charge in [-0.25, -0.2) is 4.68 Å². The van der Waals surface area contributed by atoms with Crippen LogP contribution in [-0.2, 0) is 0 Å². The van der Waals surface area contributed by atoms with Crippen LogP contribution < -0.4 is 0 Å². The third kappa shape index (κ3) is 2.82. The average Bonchev–Trinajstić information content (AvgIpc) is 3.04. The van der Waals surface area contributed by atoms with Gasteiger partial charge in [0.05, 0.1) is 17.8 Å². The van der Waals surface area contributed by atoms with Gasteiger partial charge in [0.1, 0.15) is 5.69 Å². The minimum absolute atomic E-state index is 0.0107. The zero-order valence-corrected chi connectivity index (χ0v) is 14.3. The number of amides is 1.